The van der Waals surface area contributed by atoms with Crippen molar-refractivity contribution in [1.82, 2.24) is 10.2 Å². The molecule has 0 saturated carbocycles. The van der Waals surface area contributed by atoms with Crippen LogP contribution in [0, 0.1) is 0 Å². The second kappa shape index (κ2) is 6.43. The summed E-state index contributed by atoms with van der Waals surface area (Å²) >= 11 is 1.04. The zero-order chi connectivity index (χ0) is 16.4. The first-order valence-electron chi connectivity index (χ1n) is 7.42. The molecule has 122 valence electrons. The van der Waals surface area contributed by atoms with Crippen molar-refractivity contribution in [3.63, 3.8) is 0 Å². The molecule has 0 radical (unpaired) electrons. The fourth-order valence-corrected chi connectivity index (χ4v) is 5.26. The summed E-state index contributed by atoms with van der Waals surface area (Å²) in [5.41, 5.74) is 0. The van der Waals surface area contributed by atoms with Crippen LogP contribution in [-0.2, 0) is 9.84 Å². The lowest BCUT2D eigenvalue weighted by molar-refractivity contribution is 0.0661. The molecular formula is C16H18N2O3S2. The number of nitrogens with zero attached hydrogens (tertiary/aromatic N) is 1. The van der Waals surface area contributed by atoms with Gasteiger partial charge in [0.2, 0.25) is 9.84 Å². The summed E-state index contributed by atoms with van der Waals surface area (Å²) in [6.45, 7) is 4.14. The Balaban J connectivity index is 1.87. The number of hydrogen-bond donors (Lipinski definition) is 1. The summed E-state index contributed by atoms with van der Waals surface area (Å²) in [5.74, 6) is -0.0986. The number of carbonyl (C=O) groups excluding carboxylic acids is 1. The van der Waals surface area contributed by atoms with Crippen molar-refractivity contribution in [2.24, 2.45) is 0 Å². The molecule has 7 heteroatoms. The van der Waals surface area contributed by atoms with Crippen LogP contribution in [0.4, 0.5) is 0 Å². The average Bonchev–Trinajstić information content (AvgIpc) is 3.06. The SMILES string of the molecule is C[C@@H]1CNCCN1C(=O)c1ccc(S(=O)(=O)c2ccccc2)s1. The Morgan fingerprint density at radius 1 is 1.22 bits per heavy atom. The van der Waals surface area contributed by atoms with E-state index in [0.29, 0.717) is 11.4 Å². The lowest BCUT2D eigenvalue weighted by Crippen LogP contribution is -2.52. The van der Waals surface area contributed by atoms with Crippen molar-refractivity contribution < 1.29 is 13.2 Å². The number of nitrogens with one attached hydrogen (secondary N) is 1. The summed E-state index contributed by atoms with van der Waals surface area (Å²) < 4.78 is 25.4. The number of hydrogen-bond acceptors (Lipinski definition) is 5. The van der Waals surface area contributed by atoms with Crippen molar-refractivity contribution in [1.29, 1.82) is 0 Å². The van der Waals surface area contributed by atoms with E-state index in [2.05, 4.69) is 5.32 Å². The highest BCUT2D eigenvalue weighted by Crippen LogP contribution is 2.28. The van der Waals surface area contributed by atoms with E-state index >= 15 is 0 Å². The Kier molecular flexibility index (Phi) is 4.52. The number of sulfone groups is 1. The highest BCUT2D eigenvalue weighted by molar-refractivity contribution is 7.93. The molecule has 3 rings (SSSR count). The highest BCUT2D eigenvalue weighted by atomic mass is 32.2. The molecule has 1 amide bonds. The van der Waals surface area contributed by atoms with Crippen molar-refractivity contribution in [2.45, 2.75) is 22.1 Å². The first-order valence-corrected chi connectivity index (χ1v) is 9.72. The summed E-state index contributed by atoms with van der Waals surface area (Å²) in [6, 6.07) is 11.5. The molecule has 1 N–H and O–H groups in total. The molecule has 1 aliphatic heterocycles. The topological polar surface area (TPSA) is 66.5 Å². The number of carbonyl (C=O) groups is 1. The van der Waals surface area contributed by atoms with Crippen LogP contribution < -0.4 is 5.32 Å². The Hall–Kier alpha value is -1.70. The fourth-order valence-electron chi connectivity index (χ4n) is 2.58. The quantitative estimate of drug-likeness (QED) is 0.920. The molecule has 1 aromatic heterocycles. The third-order valence-electron chi connectivity index (χ3n) is 3.87. The molecule has 1 atom stereocenters. The van der Waals surface area contributed by atoms with Crippen LogP contribution in [0.2, 0.25) is 0 Å². The van der Waals surface area contributed by atoms with Gasteiger partial charge in [0.05, 0.1) is 9.77 Å². The second-order valence-corrected chi connectivity index (χ2v) is 8.75. The zero-order valence-corrected chi connectivity index (χ0v) is 14.4. The maximum Gasteiger partial charge on any atom is 0.264 e. The number of benzene rings is 1. The smallest absolute Gasteiger partial charge is 0.264 e. The van der Waals surface area contributed by atoms with E-state index in [1.165, 1.54) is 6.07 Å². The van der Waals surface area contributed by atoms with E-state index in [1.54, 1.807) is 41.3 Å². The van der Waals surface area contributed by atoms with E-state index in [1.807, 2.05) is 6.92 Å². The van der Waals surface area contributed by atoms with Crippen LogP contribution >= 0.6 is 11.3 Å². The number of rotatable bonds is 3. The summed E-state index contributed by atoms with van der Waals surface area (Å²) in [6.07, 6.45) is 0. The van der Waals surface area contributed by atoms with Gasteiger partial charge in [0.15, 0.2) is 0 Å². The minimum absolute atomic E-state index is 0.0986. The number of piperazine rings is 1. The van der Waals surface area contributed by atoms with Gasteiger partial charge in [0, 0.05) is 25.7 Å². The predicted octanol–water partition coefficient (Wildman–Crippen LogP) is 2.01. The van der Waals surface area contributed by atoms with Gasteiger partial charge in [-0.05, 0) is 31.2 Å². The molecule has 1 aliphatic rings. The number of thiophene rings is 1. The Morgan fingerprint density at radius 3 is 2.65 bits per heavy atom. The third-order valence-corrected chi connectivity index (χ3v) is 7.21. The van der Waals surface area contributed by atoms with Crippen LogP contribution in [0.5, 0.6) is 0 Å². The molecule has 1 saturated heterocycles. The summed E-state index contributed by atoms with van der Waals surface area (Å²) in [4.78, 5) is 15.1. The van der Waals surface area contributed by atoms with Gasteiger partial charge in [0.1, 0.15) is 4.21 Å². The van der Waals surface area contributed by atoms with Gasteiger partial charge in [-0.1, -0.05) is 18.2 Å². The molecule has 23 heavy (non-hydrogen) atoms. The summed E-state index contributed by atoms with van der Waals surface area (Å²) in [7, 11) is -3.56. The molecule has 2 aromatic rings. The van der Waals surface area contributed by atoms with Crippen molar-refractivity contribution in [3.8, 4) is 0 Å². The first-order chi connectivity index (χ1) is 11.0. The summed E-state index contributed by atoms with van der Waals surface area (Å²) in [5, 5.41) is 3.24. The minimum Gasteiger partial charge on any atom is -0.333 e. The normalized spacial score (nSPS) is 18.8. The van der Waals surface area contributed by atoms with Gasteiger partial charge in [-0.2, -0.15) is 0 Å². The first kappa shape index (κ1) is 16.2. The van der Waals surface area contributed by atoms with Crippen LogP contribution in [0.1, 0.15) is 16.6 Å². The maximum absolute atomic E-state index is 12.6. The molecule has 1 fully saturated rings. The molecule has 0 unspecified atom stereocenters. The lowest BCUT2D eigenvalue weighted by Gasteiger charge is -2.33. The molecule has 1 aromatic carbocycles. The molecule has 0 spiro atoms. The largest absolute Gasteiger partial charge is 0.333 e. The monoisotopic (exact) mass is 350 g/mol. The van der Waals surface area contributed by atoms with Crippen LogP contribution in [0.25, 0.3) is 0 Å². The molecule has 2 heterocycles. The van der Waals surface area contributed by atoms with Crippen LogP contribution in [0.15, 0.2) is 51.6 Å². The molecule has 0 aliphatic carbocycles. The molecular weight excluding hydrogens is 332 g/mol. The van der Waals surface area contributed by atoms with Gasteiger partial charge < -0.3 is 10.2 Å². The van der Waals surface area contributed by atoms with Gasteiger partial charge in [0.25, 0.3) is 5.91 Å². The Labute approximate surface area is 139 Å². The lowest BCUT2D eigenvalue weighted by atomic mass is 10.2. The van der Waals surface area contributed by atoms with Gasteiger partial charge in [-0.15, -0.1) is 11.3 Å². The average molecular weight is 350 g/mol. The van der Waals surface area contributed by atoms with E-state index in [-0.39, 0.29) is 21.1 Å². The predicted molar refractivity (Wildman–Crippen MR) is 89.6 cm³/mol. The third kappa shape index (κ3) is 3.17. The Bertz CT molecular complexity index is 800. The maximum atomic E-state index is 12.6. The van der Waals surface area contributed by atoms with Crippen molar-refractivity contribution in [3.05, 3.63) is 47.3 Å². The molecule has 5 nitrogen and oxygen atoms in total. The van der Waals surface area contributed by atoms with E-state index < -0.39 is 9.84 Å². The van der Waals surface area contributed by atoms with Gasteiger partial charge in [-0.25, -0.2) is 8.42 Å². The minimum atomic E-state index is -3.56. The van der Waals surface area contributed by atoms with Crippen LogP contribution in [-0.4, -0.2) is 44.9 Å². The zero-order valence-electron chi connectivity index (χ0n) is 12.7. The Morgan fingerprint density at radius 2 is 1.96 bits per heavy atom. The standard InChI is InChI=1S/C16H18N2O3S2/c1-12-11-17-9-10-18(12)16(19)14-7-8-15(22-14)23(20,21)13-5-3-2-4-6-13/h2-8,12,17H,9-11H2,1H3/t12-/m1/s1. The van der Waals surface area contributed by atoms with E-state index in [9.17, 15) is 13.2 Å². The number of amides is 1. The van der Waals surface area contributed by atoms with E-state index in [0.717, 1.165) is 24.4 Å². The van der Waals surface area contributed by atoms with Gasteiger partial charge >= 0.3 is 0 Å². The van der Waals surface area contributed by atoms with E-state index in [4.69, 9.17) is 0 Å². The molecule has 0 bridgehead atoms. The fraction of sp³-hybridized carbons (Fsp3) is 0.312. The van der Waals surface area contributed by atoms with Crippen LogP contribution in [0.3, 0.4) is 0 Å². The van der Waals surface area contributed by atoms with Crippen molar-refractivity contribution in [2.75, 3.05) is 19.6 Å². The second-order valence-electron chi connectivity index (χ2n) is 5.49. The van der Waals surface area contributed by atoms with Crippen molar-refractivity contribution >= 4 is 27.1 Å². The van der Waals surface area contributed by atoms with Gasteiger partial charge in [-0.3, -0.25) is 4.79 Å². The highest BCUT2D eigenvalue weighted by Gasteiger charge is 2.27.